The van der Waals surface area contributed by atoms with Crippen molar-refractivity contribution >= 4 is 19.8 Å². The molecular formula is C42H83NO8P+. The lowest BCUT2D eigenvalue weighted by Gasteiger charge is -2.24. The molecule has 1 N–H and O–H groups in total. The maximum atomic E-state index is 12.6. The van der Waals surface area contributed by atoms with Crippen molar-refractivity contribution in [2.24, 2.45) is 0 Å². The second-order valence-electron chi connectivity index (χ2n) is 15.7. The Morgan fingerprint density at radius 3 is 1.48 bits per heavy atom. The summed E-state index contributed by atoms with van der Waals surface area (Å²) in [5.41, 5.74) is 0. The monoisotopic (exact) mass is 761 g/mol. The highest BCUT2D eigenvalue weighted by Crippen LogP contribution is 2.43. The van der Waals surface area contributed by atoms with Crippen LogP contribution in [0, 0.1) is 0 Å². The van der Waals surface area contributed by atoms with Crippen LogP contribution in [0.25, 0.3) is 0 Å². The molecule has 52 heavy (non-hydrogen) atoms. The fourth-order valence-corrected chi connectivity index (χ4v) is 6.62. The van der Waals surface area contributed by atoms with E-state index >= 15 is 0 Å². The summed E-state index contributed by atoms with van der Waals surface area (Å²) in [7, 11) is 1.48. The molecule has 0 amide bonds. The van der Waals surface area contributed by atoms with Gasteiger partial charge in [-0.2, -0.15) is 0 Å². The molecule has 2 atom stereocenters. The zero-order valence-electron chi connectivity index (χ0n) is 34.6. The summed E-state index contributed by atoms with van der Waals surface area (Å²) in [4.78, 5) is 35.2. The number of phosphoric acid groups is 1. The SMILES string of the molecule is CCCC/C=C\CCCCCCCC(=O)O[C@H](COC(=O)CCCCCCCCCCCCCCCCCCC)COP(=O)(O)OCC[N+](C)(C)C. The van der Waals surface area contributed by atoms with Crippen molar-refractivity contribution in [1.29, 1.82) is 0 Å². The lowest BCUT2D eigenvalue weighted by Crippen LogP contribution is -2.37. The summed E-state index contributed by atoms with van der Waals surface area (Å²) < 4.78 is 34.2. The smallest absolute Gasteiger partial charge is 0.462 e. The molecule has 0 radical (unpaired) electrons. The molecule has 0 aromatic rings. The average molecular weight is 761 g/mol. The Balaban J connectivity index is 4.30. The van der Waals surface area contributed by atoms with Gasteiger partial charge in [-0.05, 0) is 32.1 Å². The zero-order chi connectivity index (χ0) is 38.6. The van der Waals surface area contributed by atoms with Crippen molar-refractivity contribution in [3.63, 3.8) is 0 Å². The highest BCUT2D eigenvalue weighted by Gasteiger charge is 2.27. The summed E-state index contributed by atoms with van der Waals surface area (Å²) in [6.45, 7) is 4.39. The van der Waals surface area contributed by atoms with Crippen LogP contribution in [0.4, 0.5) is 0 Å². The first-order valence-corrected chi connectivity index (χ1v) is 22.9. The first-order valence-electron chi connectivity index (χ1n) is 21.4. The second kappa shape index (κ2) is 35.5. The fourth-order valence-electron chi connectivity index (χ4n) is 5.88. The Morgan fingerprint density at radius 1 is 0.577 bits per heavy atom. The third-order valence-electron chi connectivity index (χ3n) is 9.30. The lowest BCUT2D eigenvalue weighted by atomic mass is 10.0. The minimum absolute atomic E-state index is 0.0330. The molecule has 0 aromatic heterocycles. The third-order valence-corrected chi connectivity index (χ3v) is 10.3. The second-order valence-corrected chi connectivity index (χ2v) is 17.2. The van der Waals surface area contributed by atoms with Crippen LogP contribution >= 0.6 is 7.82 Å². The van der Waals surface area contributed by atoms with Crippen LogP contribution in [0.5, 0.6) is 0 Å². The van der Waals surface area contributed by atoms with Crippen LogP contribution in [0.1, 0.15) is 194 Å². The number of quaternary nitrogens is 1. The van der Waals surface area contributed by atoms with E-state index < -0.39 is 26.5 Å². The molecule has 0 saturated heterocycles. The van der Waals surface area contributed by atoms with Crippen molar-refractivity contribution < 1.29 is 42.1 Å². The van der Waals surface area contributed by atoms with Gasteiger partial charge in [0.15, 0.2) is 6.10 Å². The van der Waals surface area contributed by atoms with Gasteiger partial charge in [0.05, 0.1) is 27.7 Å². The number of rotatable bonds is 39. The van der Waals surface area contributed by atoms with E-state index in [4.69, 9.17) is 18.5 Å². The quantitative estimate of drug-likeness (QED) is 0.0217. The third kappa shape index (κ3) is 38.5. The molecule has 0 rings (SSSR count). The largest absolute Gasteiger partial charge is 0.472 e. The van der Waals surface area contributed by atoms with Crippen LogP contribution in [0.2, 0.25) is 0 Å². The van der Waals surface area contributed by atoms with Gasteiger partial charge in [-0.1, -0.05) is 161 Å². The van der Waals surface area contributed by atoms with E-state index in [1.807, 2.05) is 21.1 Å². The molecule has 0 spiro atoms. The molecule has 0 aliphatic carbocycles. The van der Waals surface area contributed by atoms with E-state index in [2.05, 4.69) is 26.0 Å². The number of esters is 2. The highest BCUT2D eigenvalue weighted by atomic mass is 31.2. The van der Waals surface area contributed by atoms with Crippen molar-refractivity contribution in [2.75, 3.05) is 47.5 Å². The minimum atomic E-state index is -4.37. The van der Waals surface area contributed by atoms with Crippen LogP contribution in [-0.4, -0.2) is 74.9 Å². The van der Waals surface area contributed by atoms with Gasteiger partial charge < -0.3 is 18.9 Å². The summed E-state index contributed by atoms with van der Waals surface area (Å²) >= 11 is 0. The van der Waals surface area contributed by atoms with Gasteiger partial charge in [0, 0.05) is 12.8 Å². The normalized spacial score (nSPS) is 13.7. The summed E-state index contributed by atoms with van der Waals surface area (Å²) in [5, 5.41) is 0. The van der Waals surface area contributed by atoms with Crippen LogP contribution < -0.4 is 0 Å². The predicted octanol–water partition coefficient (Wildman–Crippen LogP) is 11.8. The van der Waals surface area contributed by atoms with Crippen molar-refractivity contribution in [3.8, 4) is 0 Å². The van der Waals surface area contributed by atoms with E-state index in [9.17, 15) is 19.0 Å². The number of likely N-dealkylation sites (N-methyl/N-ethyl adjacent to an activating group) is 1. The molecule has 0 aromatic carbocycles. The highest BCUT2D eigenvalue weighted by molar-refractivity contribution is 7.47. The zero-order valence-corrected chi connectivity index (χ0v) is 35.5. The van der Waals surface area contributed by atoms with Gasteiger partial charge in [0.2, 0.25) is 0 Å². The van der Waals surface area contributed by atoms with Gasteiger partial charge in [-0.15, -0.1) is 0 Å². The predicted molar refractivity (Wildman–Crippen MR) is 215 cm³/mol. The average Bonchev–Trinajstić information content (AvgIpc) is 3.09. The number of unbranched alkanes of at least 4 members (excludes halogenated alkanes) is 23. The van der Waals surface area contributed by atoms with Crippen LogP contribution in [0.3, 0.4) is 0 Å². The Hall–Kier alpha value is -1.25. The van der Waals surface area contributed by atoms with Gasteiger partial charge in [-0.25, -0.2) is 4.57 Å². The van der Waals surface area contributed by atoms with Crippen molar-refractivity contribution in [2.45, 2.75) is 200 Å². The van der Waals surface area contributed by atoms with Gasteiger partial charge in [0.25, 0.3) is 0 Å². The minimum Gasteiger partial charge on any atom is -0.462 e. The van der Waals surface area contributed by atoms with E-state index in [-0.39, 0.29) is 25.6 Å². The van der Waals surface area contributed by atoms with E-state index in [1.54, 1.807) is 0 Å². The summed E-state index contributed by atoms with van der Waals surface area (Å²) in [6.07, 6.45) is 35.4. The Labute approximate surface area is 320 Å². The molecule has 308 valence electrons. The fraction of sp³-hybridized carbons (Fsp3) is 0.905. The number of allylic oxidation sites excluding steroid dienone is 2. The summed E-state index contributed by atoms with van der Waals surface area (Å²) in [6, 6.07) is 0. The number of phosphoric ester groups is 1. The van der Waals surface area contributed by atoms with Crippen LogP contribution in [-0.2, 0) is 32.7 Å². The van der Waals surface area contributed by atoms with E-state index in [1.165, 1.54) is 103 Å². The number of carbonyl (C=O) groups excluding carboxylic acids is 2. The van der Waals surface area contributed by atoms with E-state index in [0.29, 0.717) is 23.9 Å². The lowest BCUT2D eigenvalue weighted by molar-refractivity contribution is -0.870. The van der Waals surface area contributed by atoms with Crippen LogP contribution in [0.15, 0.2) is 12.2 Å². The number of ether oxygens (including phenoxy) is 2. The molecule has 0 aliphatic rings. The summed E-state index contributed by atoms with van der Waals surface area (Å²) in [5.74, 6) is -0.802. The topological polar surface area (TPSA) is 108 Å². The molecule has 0 aliphatic heterocycles. The molecule has 9 nitrogen and oxygen atoms in total. The first-order chi connectivity index (χ1) is 25.0. The van der Waals surface area contributed by atoms with Gasteiger partial charge >= 0.3 is 19.8 Å². The number of hydrogen-bond donors (Lipinski definition) is 1. The number of nitrogens with zero attached hydrogens (tertiary/aromatic N) is 1. The van der Waals surface area contributed by atoms with E-state index in [0.717, 1.165) is 57.8 Å². The Morgan fingerprint density at radius 2 is 1.00 bits per heavy atom. The number of carbonyl (C=O) groups is 2. The first kappa shape index (κ1) is 50.8. The standard InChI is InChI=1S/C42H82NO8P/c1-6-8-10-12-14-16-18-19-20-21-22-23-25-26-28-30-32-34-41(44)48-38-40(39-50-52(46,47)49-37-36-43(3,4)5)51-42(45)35-33-31-29-27-24-17-15-13-11-9-7-2/h13,15,40H,6-12,14,16-39H2,1-5H3/p+1/b15-13-/t40-/m1/s1. The molecule has 0 heterocycles. The molecular weight excluding hydrogens is 677 g/mol. The van der Waals surface area contributed by atoms with Crippen molar-refractivity contribution in [1.82, 2.24) is 0 Å². The molecule has 0 bridgehead atoms. The van der Waals surface area contributed by atoms with Crippen molar-refractivity contribution in [3.05, 3.63) is 12.2 Å². The van der Waals surface area contributed by atoms with Gasteiger partial charge in [0.1, 0.15) is 19.8 Å². The maximum absolute atomic E-state index is 12.6. The molecule has 10 heteroatoms. The number of hydrogen-bond acceptors (Lipinski definition) is 7. The Bertz CT molecular complexity index is 907. The van der Waals surface area contributed by atoms with Gasteiger partial charge in [-0.3, -0.25) is 18.6 Å². The molecule has 0 fully saturated rings. The molecule has 0 saturated carbocycles. The molecule has 1 unspecified atom stereocenters. The Kier molecular flexibility index (Phi) is 34.6. The maximum Gasteiger partial charge on any atom is 0.472 e.